The number of hydrogen-bond acceptors (Lipinski definition) is 8. The van der Waals surface area contributed by atoms with Crippen LogP contribution in [-0.2, 0) is 14.6 Å². The van der Waals surface area contributed by atoms with Gasteiger partial charge in [0.1, 0.15) is 6.67 Å². The van der Waals surface area contributed by atoms with Crippen molar-refractivity contribution in [2.75, 3.05) is 39.2 Å². The molecule has 0 bridgehead atoms. The number of allylic oxidation sites excluding steroid dienone is 4. The molecule has 2 heterocycles. The van der Waals surface area contributed by atoms with Crippen LogP contribution in [0.3, 0.4) is 0 Å². The number of benzene rings is 1. The highest BCUT2D eigenvalue weighted by molar-refractivity contribution is 7.90. The molecule has 11 heteroatoms. The van der Waals surface area contributed by atoms with E-state index in [2.05, 4.69) is 21.3 Å². The second-order valence-electron chi connectivity index (χ2n) is 9.80. The van der Waals surface area contributed by atoms with E-state index in [1.165, 1.54) is 24.3 Å². The van der Waals surface area contributed by atoms with Gasteiger partial charge in [-0.25, -0.2) is 12.8 Å². The van der Waals surface area contributed by atoms with Gasteiger partial charge in [-0.05, 0) is 74.7 Å². The number of nitrogens with zero attached hydrogens (tertiary/aromatic N) is 1. The van der Waals surface area contributed by atoms with Crippen LogP contribution in [0, 0.1) is 5.92 Å². The van der Waals surface area contributed by atoms with Crippen molar-refractivity contribution in [3.8, 4) is 0 Å². The molecule has 1 amide bonds. The molecule has 2 saturated heterocycles. The molecule has 0 saturated carbocycles. The Balaban J connectivity index is 1.36. The zero-order chi connectivity index (χ0) is 26.4. The van der Waals surface area contributed by atoms with Gasteiger partial charge in [-0.1, -0.05) is 6.08 Å². The summed E-state index contributed by atoms with van der Waals surface area (Å²) < 4.78 is 41.5. The molecule has 2 fully saturated rings. The molecule has 1 aliphatic carbocycles. The summed E-state index contributed by atoms with van der Waals surface area (Å²) in [6.07, 6.45) is 7.05. The first-order chi connectivity index (χ1) is 17.7. The van der Waals surface area contributed by atoms with Crippen LogP contribution in [0.5, 0.6) is 0 Å². The van der Waals surface area contributed by atoms with Gasteiger partial charge < -0.3 is 15.4 Å². The lowest BCUT2D eigenvalue weighted by Gasteiger charge is -2.39. The third-order valence-electron chi connectivity index (χ3n) is 6.96. The van der Waals surface area contributed by atoms with Crippen LogP contribution in [-0.4, -0.2) is 77.6 Å². The van der Waals surface area contributed by atoms with E-state index >= 15 is 0 Å². The third-order valence-corrected chi connectivity index (χ3v) is 8.09. The average Bonchev–Trinajstić information content (AvgIpc) is 2.89. The maximum atomic E-state index is 12.7. The number of rotatable bonds is 8. The first-order valence-electron chi connectivity index (χ1n) is 12.7. The molecule has 3 aliphatic rings. The van der Waals surface area contributed by atoms with Crippen molar-refractivity contribution in [1.82, 2.24) is 21.3 Å². The maximum absolute atomic E-state index is 12.7. The molecule has 1 aromatic carbocycles. The highest BCUT2D eigenvalue weighted by atomic mass is 32.2. The predicted molar refractivity (Wildman–Crippen MR) is 141 cm³/mol. The summed E-state index contributed by atoms with van der Waals surface area (Å²) in [5.41, 5.74) is 3.01. The molecule has 9 nitrogen and oxygen atoms in total. The van der Waals surface area contributed by atoms with Gasteiger partial charge in [-0.2, -0.15) is 0 Å². The average molecular weight is 534 g/mol. The van der Waals surface area contributed by atoms with Crippen molar-refractivity contribution in [3.63, 3.8) is 0 Å². The van der Waals surface area contributed by atoms with Gasteiger partial charge in [0.25, 0.3) is 5.91 Å². The van der Waals surface area contributed by atoms with Crippen molar-refractivity contribution in [2.24, 2.45) is 10.9 Å². The Labute approximate surface area is 217 Å². The molecular weight excluding hydrogens is 497 g/mol. The van der Waals surface area contributed by atoms with Gasteiger partial charge in [-0.15, -0.1) is 0 Å². The molecule has 4 N–H and O–H groups in total. The summed E-state index contributed by atoms with van der Waals surface area (Å²) in [6.45, 7) is 4.14. The smallest absolute Gasteiger partial charge is 0.255 e. The summed E-state index contributed by atoms with van der Waals surface area (Å²) in [5.74, 6) is 0.0666. The monoisotopic (exact) mass is 533 g/mol. The number of carbonyl (C=O) groups excluding carboxylic acids is 1. The van der Waals surface area contributed by atoms with E-state index < -0.39 is 16.5 Å². The summed E-state index contributed by atoms with van der Waals surface area (Å²) in [6, 6.07) is 6.15. The van der Waals surface area contributed by atoms with Gasteiger partial charge in [0.15, 0.2) is 16.1 Å². The van der Waals surface area contributed by atoms with E-state index in [1.54, 1.807) is 0 Å². The molecule has 2 aliphatic heterocycles. The SMILES string of the molecule is CC1=CC=C(NC(=O)c2ccc(S(C)(=O)=O)cc2)CC1=NC1NCCC(C2CNCC(OCCF)C2)N1. The van der Waals surface area contributed by atoms with Gasteiger partial charge in [-0.3, -0.25) is 20.4 Å². The van der Waals surface area contributed by atoms with Crippen LogP contribution < -0.4 is 21.3 Å². The zero-order valence-corrected chi connectivity index (χ0v) is 22.1. The molecule has 1 aromatic rings. The van der Waals surface area contributed by atoms with Gasteiger partial charge in [0.2, 0.25) is 0 Å². The molecule has 4 unspecified atom stereocenters. The Morgan fingerprint density at radius 1 is 1.22 bits per heavy atom. The fourth-order valence-corrected chi connectivity index (χ4v) is 5.55. The minimum atomic E-state index is -3.32. The first kappa shape index (κ1) is 27.6. The second kappa shape index (κ2) is 12.4. The number of halogens is 1. The summed E-state index contributed by atoms with van der Waals surface area (Å²) in [7, 11) is -3.32. The predicted octanol–water partition coefficient (Wildman–Crippen LogP) is 1.69. The van der Waals surface area contributed by atoms with Crippen LogP contribution in [0.15, 0.2) is 57.6 Å². The van der Waals surface area contributed by atoms with Crippen LogP contribution in [0.1, 0.15) is 36.5 Å². The van der Waals surface area contributed by atoms with Crippen LogP contribution >= 0.6 is 0 Å². The molecule has 4 atom stereocenters. The van der Waals surface area contributed by atoms with Gasteiger partial charge >= 0.3 is 0 Å². The van der Waals surface area contributed by atoms with Crippen LogP contribution in [0.2, 0.25) is 0 Å². The Hall–Kier alpha value is -2.44. The number of nitrogens with one attached hydrogen (secondary N) is 4. The largest absolute Gasteiger partial charge is 0.374 e. The maximum Gasteiger partial charge on any atom is 0.255 e. The van der Waals surface area contributed by atoms with Crippen molar-refractivity contribution in [1.29, 1.82) is 0 Å². The Kier molecular flexibility index (Phi) is 9.25. The van der Waals surface area contributed by atoms with Crippen molar-refractivity contribution >= 4 is 21.5 Å². The molecule has 37 heavy (non-hydrogen) atoms. The fourth-order valence-electron chi connectivity index (χ4n) is 4.92. The minimum absolute atomic E-state index is 0.0263. The van der Waals surface area contributed by atoms with Gasteiger partial charge in [0, 0.05) is 42.2 Å². The quantitative estimate of drug-likeness (QED) is 0.401. The topological polar surface area (TPSA) is 121 Å². The zero-order valence-electron chi connectivity index (χ0n) is 21.3. The number of carbonyl (C=O) groups is 1. The molecule has 0 radical (unpaired) electrons. The summed E-state index contributed by atoms with van der Waals surface area (Å²) >= 11 is 0. The lowest BCUT2D eigenvalue weighted by molar-refractivity contribution is 0.00763. The fraction of sp³-hybridized carbons (Fsp3) is 0.538. The lowest BCUT2D eigenvalue weighted by Crippen LogP contribution is -2.58. The number of aliphatic imine (C=N–C) groups is 1. The summed E-state index contributed by atoms with van der Waals surface area (Å²) in [4.78, 5) is 17.8. The Bertz CT molecular complexity index is 1170. The van der Waals surface area contributed by atoms with E-state index in [1.807, 2.05) is 19.1 Å². The molecule has 0 spiro atoms. The number of piperidine rings is 1. The van der Waals surface area contributed by atoms with E-state index in [0.29, 0.717) is 17.9 Å². The number of sulfone groups is 1. The highest BCUT2D eigenvalue weighted by Crippen LogP contribution is 2.22. The normalized spacial score (nSPS) is 27.9. The van der Waals surface area contributed by atoms with Crippen molar-refractivity contribution in [3.05, 3.63) is 53.3 Å². The lowest BCUT2D eigenvalue weighted by atomic mass is 9.87. The minimum Gasteiger partial charge on any atom is -0.374 e. The Morgan fingerprint density at radius 3 is 2.73 bits per heavy atom. The number of amides is 1. The Morgan fingerprint density at radius 2 is 2.00 bits per heavy atom. The molecule has 202 valence electrons. The van der Waals surface area contributed by atoms with Crippen LogP contribution in [0.25, 0.3) is 0 Å². The third kappa shape index (κ3) is 7.55. The molecule has 0 aromatic heterocycles. The van der Waals surface area contributed by atoms with E-state index in [9.17, 15) is 17.6 Å². The summed E-state index contributed by atoms with van der Waals surface area (Å²) in [5, 5.41) is 13.4. The molecular formula is C26H36FN5O4S. The highest BCUT2D eigenvalue weighted by Gasteiger charge is 2.32. The number of ether oxygens (including phenoxy) is 1. The molecule has 4 rings (SSSR count). The first-order valence-corrected chi connectivity index (χ1v) is 14.6. The van der Waals surface area contributed by atoms with E-state index in [-0.39, 0.29) is 35.8 Å². The second-order valence-corrected chi connectivity index (χ2v) is 11.8. The number of hydrogen-bond donors (Lipinski definition) is 4. The standard InChI is InChI=1S/C26H36FN5O4S/c1-17-3-6-20(30-25(33)18-4-7-22(8-5-18)37(2,34)35)14-24(17)32-26-29-11-9-23(31-26)19-13-21(16-28-15-19)36-12-10-27/h3-8,19,21,23,26,28-29,31H,9-16H2,1-2H3,(H,30,33). The van der Waals surface area contributed by atoms with Crippen LogP contribution in [0.4, 0.5) is 4.39 Å². The number of alkyl halides is 1. The van der Waals surface area contributed by atoms with E-state index in [0.717, 1.165) is 55.7 Å². The van der Waals surface area contributed by atoms with E-state index in [4.69, 9.17) is 9.73 Å². The van der Waals surface area contributed by atoms with Crippen molar-refractivity contribution < 1.29 is 22.3 Å². The van der Waals surface area contributed by atoms with Crippen molar-refractivity contribution in [2.45, 2.75) is 49.5 Å². The van der Waals surface area contributed by atoms with Gasteiger partial charge in [0.05, 0.1) is 17.6 Å².